The number of ether oxygens (including phenoxy) is 1. The number of pyridine rings is 1. The van der Waals surface area contributed by atoms with Crippen LogP contribution in [0.15, 0.2) is 48.9 Å². The SMILES string of the molecule is NC(=O)c1ncc(-c2cnccc2Oc2ccc(F)cc2)s1. The molecule has 2 heterocycles. The lowest BCUT2D eigenvalue weighted by atomic mass is 10.2. The third-order valence-corrected chi connectivity index (χ3v) is 3.85. The fraction of sp³-hybridized carbons (Fsp3) is 0. The highest BCUT2D eigenvalue weighted by molar-refractivity contribution is 7.17. The summed E-state index contributed by atoms with van der Waals surface area (Å²) in [4.78, 5) is 19.9. The highest BCUT2D eigenvalue weighted by Gasteiger charge is 2.13. The second kappa shape index (κ2) is 5.90. The molecule has 0 spiro atoms. The van der Waals surface area contributed by atoms with Gasteiger partial charge in [-0.25, -0.2) is 9.37 Å². The summed E-state index contributed by atoms with van der Waals surface area (Å²) in [5, 5.41) is 0.214. The van der Waals surface area contributed by atoms with Gasteiger partial charge in [-0.05, 0) is 30.3 Å². The standard InChI is InChI=1S/C15H10FN3O2S/c16-9-1-3-10(4-2-9)21-12-5-6-18-7-11(12)13-8-19-15(22-13)14(17)20/h1-8H,(H2,17,20). The largest absolute Gasteiger partial charge is 0.457 e. The maximum Gasteiger partial charge on any atom is 0.277 e. The predicted octanol–water partition coefficient (Wildman–Crippen LogP) is 3.24. The molecule has 0 unspecified atom stereocenters. The van der Waals surface area contributed by atoms with Crippen LogP contribution in [0.25, 0.3) is 10.4 Å². The molecule has 2 aromatic heterocycles. The zero-order chi connectivity index (χ0) is 15.5. The molecule has 0 aliphatic carbocycles. The summed E-state index contributed by atoms with van der Waals surface area (Å²) in [7, 11) is 0. The Morgan fingerprint density at radius 2 is 1.95 bits per heavy atom. The van der Waals surface area contributed by atoms with E-state index >= 15 is 0 Å². The number of carbonyl (C=O) groups excluding carboxylic acids is 1. The Morgan fingerprint density at radius 1 is 1.18 bits per heavy atom. The fourth-order valence-electron chi connectivity index (χ4n) is 1.80. The van der Waals surface area contributed by atoms with Crippen molar-refractivity contribution in [2.75, 3.05) is 0 Å². The number of primary amides is 1. The Bertz CT molecular complexity index is 818. The Balaban J connectivity index is 1.95. The number of halogens is 1. The summed E-state index contributed by atoms with van der Waals surface area (Å²) in [5.41, 5.74) is 5.89. The van der Waals surface area contributed by atoms with E-state index in [1.807, 2.05) is 0 Å². The first-order valence-electron chi connectivity index (χ1n) is 6.27. The van der Waals surface area contributed by atoms with Crippen molar-refractivity contribution in [3.8, 4) is 21.9 Å². The van der Waals surface area contributed by atoms with E-state index in [0.717, 1.165) is 11.3 Å². The van der Waals surface area contributed by atoms with Gasteiger partial charge in [0.1, 0.15) is 17.3 Å². The van der Waals surface area contributed by atoms with E-state index in [4.69, 9.17) is 10.5 Å². The van der Waals surface area contributed by atoms with E-state index in [9.17, 15) is 9.18 Å². The van der Waals surface area contributed by atoms with Gasteiger partial charge in [-0.15, -0.1) is 11.3 Å². The molecule has 0 radical (unpaired) electrons. The van der Waals surface area contributed by atoms with Gasteiger partial charge < -0.3 is 10.5 Å². The average Bonchev–Trinajstić information content (AvgIpc) is 3.00. The van der Waals surface area contributed by atoms with Gasteiger partial charge >= 0.3 is 0 Å². The van der Waals surface area contributed by atoms with Crippen LogP contribution < -0.4 is 10.5 Å². The average molecular weight is 315 g/mol. The van der Waals surface area contributed by atoms with Gasteiger partial charge in [0.05, 0.1) is 10.4 Å². The van der Waals surface area contributed by atoms with Crippen LogP contribution in [0.1, 0.15) is 9.80 Å². The molecule has 5 nitrogen and oxygen atoms in total. The highest BCUT2D eigenvalue weighted by Crippen LogP contribution is 2.35. The number of nitrogens with zero attached hydrogens (tertiary/aromatic N) is 2. The van der Waals surface area contributed by atoms with E-state index < -0.39 is 5.91 Å². The van der Waals surface area contributed by atoms with E-state index in [1.165, 1.54) is 24.3 Å². The summed E-state index contributed by atoms with van der Waals surface area (Å²) in [5.74, 6) is 0.103. The second-order valence-electron chi connectivity index (χ2n) is 4.32. The maximum absolute atomic E-state index is 12.9. The van der Waals surface area contributed by atoms with Gasteiger partial charge in [0.2, 0.25) is 0 Å². The van der Waals surface area contributed by atoms with Crippen molar-refractivity contribution in [2.45, 2.75) is 0 Å². The van der Waals surface area contributed by atoms with Crippen molar-refractivity contribution < 1.29 is 13.9 Å². The molecule has 7 heteroatoms. The lowest BCUT2D eigenvalue weighted by molar-refractivity contribution is 0.1000. The molecule has 110 valence electrons. The quantitative estimate of drug-likeness (QED) is 0.801. The molecule has 0 fully saturated rings. The number of thiazole rings is 1. The molecule has 0 saturated heterocycles. The monoisotopic (exact) mass is 315 g/mol. The van der Waals surface area contributed by atoms with Gasteiger partial charge in [-0.1, -0.05) is 0 Å². The molecule has 3 rings (SSSR count). The summed E-state index contributed by atoms with van der Waals surface area (Å²) >= 11 is 1.16. The number of amides is 1. The number of hydrogen-bond acceptors (Lipinski definition) is 5. The van der Waals surface area contributed by atoms with Crippen molar-refractivity contribution in [1.29, 1.82) is 0 Å². The van der Waals surface area contributed by atoms with Gasteiger partial charge in [0.25, 0.3) is 5.91 Å². The summed E-state index contributed by atoms with van der Waals surface area (Å²) in [6, 6.07) is 7.37. The molecular weight excluding hydrogens is 305 g/mol. The zero-order valence-electron chi connectivity index (χ0n) is 11.2. The van der Waals surface area contributed by atoms with E-state index in [-0.39, 0.29) is 10.8 Å². The maximum atomic E-state index is 12.9. The van der Waals surface area contributed by atoms with Crippen molar-refractivity contribution in [1.82, 2.24) is 9.97 Å². The molecule has 0 aliphatic rings. The molecule has 0 saturated carbocycles. The van der Waals surface area contributed by atoms with Crippen LogP contribution in [0.5, 0.6) is 11.5 Å². The van der Waals surface area contributed by atoms with Crippen molar-refractivity contribution in [3.05, 3.63) is 59.7 Å². The molecule has 3 aromatic rings. The minimum absolute atomic E-state index is 0.214. The molecule has 22 heavy (non-hydrogen) atoms. The smallest absolute Gasteiger partial charge is 0.277 e. The number of rotatable bonds is 4. The summed E-state index contributed by atoms with van der Waals surface area (Å²) < 4.78 is 18.7. The van der Waals surface area contributed by atoms with Gasteiger partial charge in [-0.2, -0.15) is 0 Å². The highest BCUT2D eigenvalue weighted by atomic mass is 32.1. The first-order chi connectivity index (χ1) is 10.6. The Labute approximate surface area is 129 Å². The molecule has 1 aromatic carbocycles. The molecule has 1 amide bonds. The van der Waals surface area contributed by atoms with Crippen LogP contribution in [0.4, 0.5) is 4.39 Å². The first-order valence-corrected chi connectivity index (χ1v) is 7.08. The van der Waals surface area contributed by atoms with E-state index in [0.29, 0.717) is 21.9 Å². The topological polar surface area (TPSA) is 78.1 Å². The molecular formula is C15H10FN3O2S. The third-order valence-electron chi connectivity index (χ3n) is 2.80. The molecule has 0 aliphatic heterocycles. The fourth-order valence-corrected chi connectivity index (χ4v) is 2.58. The van der Waals surface area contributed by atoms with Crippen LogP contribution in [0, 0.1) is 5.82 Å². The van der Waals surface area contributed by atoms with Crippen molar-refractivity contribution in [2.24, 2.45) is 5.73 Å². The van der Waals surface area contributed by atoms with Gasteiger partial charge in [0.15, 0.2) is 5.01 Å². The van der Waals surface area contributed by atoms with Gasteiger partial charge in [-0.3, -0.25) is 9.78 Å². The van der Waals surface area contributed by atoms with Crippen LogP contribution in [-0.4, -0.2) is 15.9 Å². The minimum atomic E-state index is -0.582. The van der Waals surface area contributed by atoms with Crippen LogP contribution >= 0.6 is 11.3 Å². The number of nitrogens with two attached hydrogens (primary N) is 1. The Hall–Kier alpha value is -2.80. The lowest BCUT2D eigenvalue weighted by Gasteiger charge is -2.09. The van der Waals surface area contributed by atoms with Crippen LogP contribution in [0.2, 0.25) is 0 Å². The predicted molar refractivity (Wildman–Crippen MR) is 80.3 cm³/mol. The molecule has 0 bridgehead atoms. The number of hydrogen-bond donors (Lipinski definition) is 1. The number of aromatic nitrogens is 2. The lowest BCUT2D eigenvalue weighted by Crippen LogP contribution is -2.09. The third kappa shape index (κ3) is 2.94. The molecule has 0 atom stereocenters. The van der Waals surface area contributed by atoms with Crippen molar-refractivity contribution >= 4 is 17.2 Å². The Morgan fingerprint density at radius 3 is 2.64 bits per heavy atom. The normalized spacial score (nSPS) is 10.4. The number of benzene rings is 1. The zero-order valence-corrected chi connectivity index (χ0v) is 12.0. The molecule has 2 N–H and O–H groups in total. The summed E-state index contributed by atoms with van der Waals surface area (Å²) in [6.07, 6.45) is 4.73. The Kier molecular flexibility index (Phi) is 3.80. The first kappa shape index (κ1) is 14.2. The second-order valence-corrected chi connectivity index (χ2v) is 5.35. The van der Waals surface area contributed by atoms with Crippen LogP contribution in [-0.2, 0) is 0 Å². The summed E-state index contributed by atoms with van der Waals surface area (Å²) in [6.45, 7) is 0. The van der Waals surface area contributed by atoms with Gasteiger partial charge in [0, 0.05) is 18.6 Å². The van der Waals surface area contributed by atoms with E-state index in [2.05, 4.69) is 9.97 Å². The number of carbonyl (C=O) groups is 1. The van der Waals surface area contributed by atoms with Crippen molar-refractivity contribution in [3.63, 3.8) is 0 Å². The van der Waals surface area contributed by atoms with Crippen LogP contribution in [0.3, 0.4) is 0 Å². The minimum Gasteiger partial charge on any atom is -0.457 e. The van der Waals surface area contributed by atoms with E-state index in [1.54, 1.807) is 24.7 Å².